The largest absolute Gasteiger partial charge is 0.0870 e. The van der Waals surface area contributed by atoms with E-state index in [4.69, 9.17) is 0 Å². The van der Waals surface area contributed by atoms with Crippen LogP contribution in [0.1, 0.15) is 103 Å². The molecule has 0 spiro atoms. The lowest BCUT2D eigenvalue weighted by molar-refractivity contribution is 0.714. The zero-order valence-electron chi connectivity index (χ0n) is 42.1. The number of fused-ring (bicyclic) bond motifs is 5. The van der Waals surface area contributed by atoms with Gasteiger partial charge in [0, 0.05) is 5.41 Å². The molecular weight excluding hydrogens is 805 g/mol. The summed E-state index contributed by atoms with van der Waals surface area (Å²) in [6.45, 7) is 25.1. The van der Waals surface area contributed by atoms with Crippen molar-refractivity contribution in [1.82, 2.24) is 0 Å². The normalized spacial score (nSPS) is 11.6. The first kappa shape index (κ1) is 49.4. The predicted octanol–water partition coefficient (Wildman–Crippen LogP) is 20.1. The van der Waals surface area contributed by atoms with Gasteiger partial charge in [0.15, 0.2) is 0 Å². The van der Waals surface area contributed by atoms with Crippen LogP contribution in [0.4, 0.5) is 0 Å². The molecule has 0 heterocycles. The second-order valence-corrected chi connectivity index (χ2v) is 16.7. The first-order valence-electron chi connectivity index (χ1n) is 24.6. The summed E-state index contributed by atoms with van der Waals surface area (Å²) in [7, 11) is 0. The summed E-state index contributed by atoms with van der Waals surface area (Å²) in [4.78, 5) is 0. The van der Waals surface area contributed by atoms with Crippen molar-refractivity contribution in [2.75, 3.05) is 0 Å². The van der Waals surface area contributed by atoms with E-state index in [1.165, 1.54) is 111 Å². The van der Waals surface area contributed by atoms with Gasteiger partial charge in [-0.05, 0) is 153 Å². The fourth-order valence-electron chi connectivity index (χ4n) is 9.86. The monoisotopic (exact) mass is 875 g/mol. The molecule has 0 saturated carbocycles. The van der Waals surface area contributed by atoms with E-state index in [0.717, 1.165) is 0 Å². The van der Waals surface area contributed by atoms with Crippen LogP contribution >= 0.6 is 0 Å². The van der Waals surface area contributed by atoms with Crippen LogP contribution in [0.5, 0.6) is 0 Å². The number of hydrogen-bond donors (Lipinski definition) is 0. The standard InChI is InChI=1S/C47H34.C14H18.3C2H6/c1-31-16-3-4-19-34(31)35-20-5-6-23-38(35)46-41-26-9-7-24-39(41)45(40-25-8-10-27-42(40)46)32-17-15-18-33(30-32)47(2)43-28-13-11-21-36(43)37-22-12-14-29-44(37)47;1-5-8-13(11(2)3)14-10-7-6-9-12(14)4;3*1-2/h3-30H,1-2H3;5-10H,1-4H3;3*1-2H3/b;8-5-;;;. The van der Waals surface area contributed by atoms with Crippen LogP contribution in [-0.4, -0.2) is 0 Å². The van der Waals surface area contributed by atoms with Crippen LogP contribution in [0.15, 0.2) is 212 Å². The van der Waals surface area contributed by atoms with Gasteiger partial charge in [0.05, 0.1) is 0 Å². The number of aryl methyl sites for hydroxylation is 2. The summed E-state index contributed by atoms with van der Waals surface area (Å²) < 4.78 is 0. The minimum absolute atomic E-state index is 0.249. The molecule has 338 valence electrons. The Labute approximate surface area is 403 Å². The van der Waals surface area contributed by atoms with Gasteiger partial charge in [-0.1, -0.05) is 247 Å². The molecule has 0 aliphatic heterocycles. The highest BCUT2D eigenvalue weighted by Crippen LogP contribution is 2.53. The van der Waals surface area contributed by atoms with Crippen molar-refractivity contribution in [2.45, 2.75) is 88.5 Å². The molecule has 0 unspecified atom stereocenters. The van der Waals surface area contributed by atoms with Crippen LogP contribution in [0, 0.1) is 13.8 Å². The molecule has 10 rings (SSSR count). The maximum atomic E-state index is 2.45. The lowest BCUT2D eigenvalue weighted by Gasteiger charge is -2.29. The second-order valence-electron chi connectivity index (χ2n) is 16.7. The Bertz CT molecular complexity index is 3040. The molecule has 1 aliphatic carbocycles. The van der Waals surface area contributed by atoms with E-state index >= 15 is 0 Å². The molecule has 9 aromatic rings. The molecule has 0 radical (unpaired) electrons. The topological polar surface area (TPSA) is 0 Å². The minimum atomic E-state index is -0.249. The minimum Gasteiger partial charge on any atom is -0.0870 e. The van der Waals surface area contributed by atoms with E-state index in [1.54, 1.807) is 0 Å². The van der Waals surface area contributed by atoms with Crippen molar-refractivity contribution in [2.24, 2.45) is 0 Å². The molecule has 9 aromatic carbocycles. The number of allylic oxidation sites excluding steroid dienone is 4. The molecule has 0 atom stereocenters. The SMILES string of the molecule is C/C=C\C(=C(C)C)c1ccccc1C.CC.CC.CC.Cc1ccccc1-c1ccccc1-c1c2ccccc2c(-c2cccc(C3(C)c4ccccc4-c4ccccc43)c2)c2ccccc12. The van der Waals surface area contributed by atoms with Crippen molar-refractivity contribution < 1.29 is 0 Å². The average Bonchev–Trinajstić information content (AvgIpc) is 3.65. The maximum absolute atomic E-state index is 2.45. The van der Waals surface area contributed by atoms with E-state index in [9.17, 15) is 0 Å². The van der Waals surface area contributed by atoms with Gasteiger partial charge in [0.2, 0.25) is 0 Å². The van der Waals surface area contributed by atoms with Crippen LogP contribution < -0.4 is 0 Å². The van der Waals surface area contributed by atoms with Gasteiger partial charge in [-0.25, -0.2) is 0 Å². The molecule has 0 amide bonds. The smallest absolute Gasteiger partial charge is 0.0435 e. The van der Waals surface area contributed by atoms with Crippen molar-refractivity contribution in [3.8, 4) is 44.5 Å². The predicted molar refractivity (Wildman–Crippen MR) is 298 cm³/mol. The van der Waals surface area contributed by atoms with Crippen molar-refractivity contribution in [3.63, 3.8) is 0 Å². The summed E-state index contributed by atoms with van der Waals surface area (Å²) in [5.74, 6) is 0. The Balaban J connectivity index is 0.000000315. The van der Waals surface area contributed by atoms with Gasteiger partial charge >= 0.3 is 0 Å². The van der Waals surface area contributed by atoms with Crippen LogP contribution in [-0.2, 0) is 5.41 Å². The Kier molecular flexibility index (Phi) is 16.9. The highest BCUT2D eigenvalue weighted by atomic mass is 14.4. The molecule has 0 N–H and O–H groups in total. The summed E-state index contributed by atoms with van der Waals surface area (Å²) in [6.07, 6.45) is 4.27. The molecular formula is C67H70. The third-order valence-corrected chi connectivity index (χ3v) is 12.8. The van der Waals surface area contributed by atoms with Gasteiger partial charge in [-0.3, -0.25) is 0 Å². The fraction of sp³-hybridized carbons (Fsp3) is 0.194. The van der Waals surface area contributed by atoms with Gasteiger partial charge in [-0.2, -0.15) is 0 Å². The Morgan fingerprint density at radius 1 is 0.403 bits per heavy atom. The van der Waals surface area contributed by atoms with Gasteiger partial charge < -0.3 is 0 Å². The zero-order valence-corrected chi connectivity index (χ0v) is 42.1. The Morgan fingerprint density at radius 3 is 1.31 bits per heavy atom. The highest BCUT2D eigenvalue weighted by molar-refractivity contribution is 6.22. The van der Waals surface area contributed by atoms with Crippen molar-refractivity contribution in [1.29, 1.82) is 0 Å². The fourth-order valence-corrected chi connectivity index (χ4v) is 9.86. The molecule has 67 heavy (non-hydrogen) atoms. The second kappa shape index (κ2) is 22.9. The van der Waals surface area contributed by atoms with E-state index in [-0.39, 0.29) is 5.41 Å². The van der Waals surface area contributed by atoms with E-state index in [1.807, 2.05) is 41.5 Å². The Hall–Kier alpha value is -7.02. The van der Waals surface area contributed by atoms with E-state index in [2.05, 4.69) is 248 Å². The summed E-state index contributed by atoms with van der Waals surface area (Å²) >= 11 is 0. The molecule has 0 nitrogen and oxygen atoms in total. The summed E-state index contributed by atoms with van der Waals surface area (Å²) in [5.41, 5.74) is 20.8. The highest BCUT2D eigenvalue weighted by Gasteiger charge is 2.40. The summed E-state index contributed by atoms with van der Waals surface area (Å²) in [6, 6.07) is 71.3. The van der Waals surface area contributed by atoms with E-state index < -0.39 is 0 Å². The molecule has 1 aliphatic rings. The van der Waals surface area contributed by atoms with Crippen LogP contribution in [0.2, 0.25) is 0 Å². The van der Waals surface area contributed by atoms with Crippen molar-refractivity contribution in [3.05, 3.63) is 245 Å². The average molecular weight is 875 g/mol. The molecule has 0 aromatic heterocycles. The van der Waals surface area contributed by atoms with Gasteiger partial charge in [0.1, 0.15) is 0 Å². The van der Waals surface area contributed by atoms with Gasteiger partial charge in [-0.15, -0.1) is 0 Å². The molecule has 0 saturated heterocycles. The number of rotatable bonds is 6. The summed E-state index contributed by atoms with van der Waals surface area (Å²) in [5, 5.41) is 5.09. The van der Waals surface area contributed by atoms with Crippen LogP contribution in [0.25, 0.3) is 71.6 Å². The maximum Gasteiger partial charge on any atom is 0.0435 e. The first-order valence-corrected chi connectivity index (χ1v) is 24.6. The lowest BCUT2D eigenvalue weighted by atomic mass is 9.73. The molecule has 0 heteroatoms. The lowest BCUT2D eigenvalue weighted by Crippen LogP contribution is -2.22. The van der Waals surface area contributed by atoms with E-state index in [0.29, 0.717) is 0 Å². The third kappa shape index (κ3) is 9.63. The zero-order chi connectivity index (χ0) is 48.1. The van der Waals surface area contributed by atoms with Gasteiger partial charge in [0.25, 0.3) is 0 Å². The molecule has 0 bridgehead atoms. The first-order chi connectivity index (χ1) is 32.8. The number of hydrogen-bond acceptors (Lipinski definition) is 0. The Morgan fingerprint density at radius 2 is 0.821 bits per heavy atom. The van der Waals surface area contributed by atoms with Crippen LogP contribution in [0.3, 0.4) is 0 Å². The third-order valence-electron chi connectivity index (χ3n) is 12.8. The quantitative estimate of drug-likeness (QED) is 0.115. The molecule has 0 fully saturated rings. The van der Waals surface area contributed by atoms with Crippen molar-refractivity contribution >= 4 is 27.1 Å². The number of benzene rings is 9.